The third kappa shape index (κ3) is 5.48. The maximum Gasteiger partial charge on any atom is 0.306 e. The van der Waals surface area contributed by atoms with Gasteiger partial charge in [0.25, 0.3) is 0 Å². The molecule has 1 aliphatic rings. The number of hydrogen-bond acceptors (Lipinski definition) is 8. The fourth-order valence-electron chi connectivity index (χ4n) is 4.02. The Bertz CT molecular complexity index is 1140. The second-order valence-electron chi connectivity index (χ2n) is 8.77. The topological polar surface area (TPSA) is 117 Å². The van der Waals surface area contributed by atoms with Crippen LogP contribution in [0.2, 0.25) is 0 Å². The summed E-state index contributed by atoms with van der Waals surface area (Å²) in [5.74, 6) is -0.226. The van der Waals surface area contributed by atoms with Crippen molar-refractivity contribution in [1.29, 1.82) is 0 Å². The van der Waals surface area contributed by atoms with Crippen molar-refractivity contribution in [2.24, 2.45) is 5.92 Å². The van der Waals surface area contributed by atoms with Gasteiger partial charge in [-0.3, -0.25) is 4.79 Å². The number of carbonyl (C=O) groups is 1. The summed E-state index contributed by atoms with van der Waals surface area (Å²) in [5.41, 5.74) is 1.80. The zero-order valence-corrected chi connectivity index (χ0v) is 19.7. The van der Waals surface area contributed by atoms with Crippen molar-refractivity contribution >= 4 is 28.9 Å². The molecule has 0 saturated heterocycles. The van der Waals surface area contributed by atoms with Crippen LogP contribution in [0.4, 0.5) is 11.6 Å². The number of benzene rings is 1. The van der Waals surface area contributed by atoms with Gasteiger partial charge in [-0.2, -0.15) is 4.98 Å². The summed E-state index contributed by atoms with van der Waals surface area (Å²) in [5, 5.41) is 24.2. The molecular formula is C24H28N4O4S. The third-order valence-corrected chi connectivity index (χ3v) is 6.91. The van der Waals surface area contributed by atoms with Crippen LogP contribution in [0.15, 0.2) is 36.7 Å². The molecule has 0 unspecified atom stereocenters. The number of carboxylic acid groups (broad SMARTS) is 1. The van der Waals surface area contributed by atoms with Crippen LogP contribution in [0.25, 0.3) is 10.4 Å². The van der Waals surface area contributed by atoms with Crippen molar-refractivity contribution in [2.75, 3.05) is 5.32 Å². The molecule has 33 heavy (non-hydrogen) atoms. The summed E-state index contributed by atoms with van der Waals surface area (Å²) in [6.45, 7) is 5.90. The predicted octanol–water partition coefficient (Wildman–Crippen LogP) is 4.90. The minimum Gasteiger partial charge on any atom is -0.481 e. The van der Waals surface area contributed by atoms with E-state index in [-0.39, 0.29) is 12.0 Å². The second-order valence-corrected chi connectivity index (χ2v) is 9.80. The van der Waals surface area contributed by atoms with Crippen LogP contribution < -0.4 is 10.1 Å². The lowest BCUT2D eigenvalue weighted by Crippen LogP contribution is -2.33. The van der Waals surface area contributed by atoms with E-state index < -0.39 is 11.6 Å². The first-order valence-corrected chi connectivity index (χ1v) is 11.8. The first kappa shape index (κ1) is 23.1. The lowest BCUT2D eigenvalue weighted by Gasteiger charge is -2.32. The Morgan fingerprint density at radius 3 is 2.70 bits per heavy atom. The number of anilines is 2. The molecule has 0 atom stereocenters. The summed E-state index contributed by atoms with van der Waals surface area (Å²) in [6.07, 6.45) is 5.17. The van der Waals surface area contributed by atoms with Crippen molar-refractivity contribution in [3.8, 4) is 16.3 Å². The van der Waals surface area contributed by atoms with Gasteiger partial charge in [0.1, 0.15) is 10.6 Å². The van der Waals surface area contributed by atoms with Gasteiger partial charge in [0.2, 0.25) is 11.8 Å². The Hall–Kier alpha value is -3.04. The number of aliphatic hydroxyl groups is 1. The minimum absolute atomic E-state index is 0.0212. The van der Waals surface area contributed by atoms with Crippen molar-refractivity contribution < 1.29 is 19.7 Å². The van der Waals surface area contributed by atoms with Crippen LogP contribution in [-0.4, -0.2) is 37.2 Å². The fourth-order valence-corrected chi connectivity index (χ4v) is 5.06. The molecular weight excluding hydrogens is 440 g/mol. The van der Waals surface area contributed by atoms with E-state index in [2.05, 4.69) is 26.3 Å². The van der Waals surface area contributed by atoms with Crippen molar-refractivity contribution in [2.45, 2.75) is 58.2 Å². The predicted molar refractivity (Wildman–Crippen MR) is 127 cm³/mol. The smallest absolute Gasteiger partial charge is 0.306 e. The van der Waals surface area contributed by atoms with Crippen molar-refractivity contribution in [3.63, 3.8) is 0 Å². The normalized spacial score (nSPS) is 20.6. The number of aliphatic carboxylic acids is 1. The molecule has 0 amide bonds. The maximum absolute atomic E-state index is 11.2. The van der Waals surface area contributed by atoms with Crippen LogP contribution in [0.1, 0.15) is 50.1 Å². The van der Waals surface area contributed by atoms with Gasteiger partial charge in [-0.15, -0.1) is 11.3 Å². The van der Waals surface area contributed by atoms with Crippen LogP contribution >= 0.6 is 11.3 Å². The molecule has 3 aromatic rings. The average Bonchev–Trinajstić information content (AvgIpc) is 3.25. The number of ether oxygens (including phenoxy) is 1. The molecule has 1 saturated carbocycles. The van der Waals surface area contributed by atoms with Gasteiger partial charge in [0.05, 0.1) is 16.9 Å². The Kier molecular flexibility index (Phi) is 6.62. The van der Waals surface area contributed by atoms with E-state index in [9.17, 15) is 15.0 Å². The Morgan fingerprint density at radius 1 is 1.24 bits per heavy atom. The van der Waals surface area contributed by atoms with Gasteiger partial charge >= 0.3 is 5.97 Å². The van der Waals surface area contributed by atoms with E-state index in [0.29, 0.717) is 42.5 Å². The molecule has 1 aliphatic carbocycles. The average molecular weight is 469 g/mol. The zero-order chi connectivity index (χ0) is 23.6. The van der Waals surface area contributed by atoms with Crippen molar-refractivity contribution in [1.82, 2.24) is 15.0 Å². The highest BCUT2D eigenvalue weighted by atomic mass is 32.1. The highest BCUT2D eigenvalue weighted by molar-refractivity contribution is 7.15. The van der Waals surface area contributed by atoms with Gasteiger partial charge in [0.15, 0.2) is 0 Å². The maximum atomic E-state index is 11.2. The standard InChI is InChI=1S/C24H28N4O4S/c1-14(2)32-20-6-9-25-23(28-20)27-18-11-15(3)10-17(12-18)19-13-26-22(33-19)24(31)7-4-16(5-8-24)21(29)30/h6,9-14,16,31H,4-5,7-8H2,1-3H3,(H,29,30)(H,25,27,28). The van der Waals surface area contributed by atoms with Crippen LogP contribution in [-0.2, 0) is 10.4 Å². The highest BCUT2D eigenvalue weighted by Gasteiger charge is 2.39. The monoisotopic (exact) mass is 468 g/mol. The number of nitrogens with zero attached hydrogens (tertiary/aromatic N) is 3. The molecule has 4 rings (SSSR count). The van der Waals surface area contributed by atoms with E-state index in [4.69, 9.17) is 4.74 Å². The summed E-state index contributed by atoms with van der Waals surface area (Å²) >= 11 is 1.45. The quantitative estimate of drug-likeness (QED) is 0.448. The molecule has 2 heterocycles. The van der Waals surface area contributed by atoms with Gasteiger partial charge in [-0.05, 0) is 69.7 Å². The lowest BCUT2D eigenvalue weighted by molar-refractivity contribution is -0.145. The largest absolute Gasteiger partial charge is 0.481 e. The number of thiazole rings is 1. The summed E-state index contributed by atoms with van der Waals surface area (Å²) in [6, 6.07) is 7.79. The van der Waals surface area contributed by atoms with Gasteiger partial charge < -0.3 is 20.3 Å². The Labute approximate surface area is 196 Å². The minimum atomic E-state index is -1.07. The summed E-state index contributed by atoms with van der Waals surface area (Å²) < 4.78 is 5.64. The SMILES string of the molecule is Cc1cc(Nc2nccc(OC(C)C)n2)cc(-c2cnc(C3(O)CCC(C(=O)O)CC3)s2)c1. The van der Waals surface area contributed by atoms with Gasteiger partial charge in [0, 0.05) is 24.1 Å². The molecule has 3 N–H and O–H groups in total. The van der Waals surface area contributed by atoms with Crippen LogP contribution in [0.3, 0.4) is 0 Å². The molecule has 0 radical (unpaired) electrons. The first-order chi connectivity index (χ1) is 15.7. The van der Waals surface area contributed by atoms with E-state index in [1.54, 1.807) is 18.5 Å². The van der Waals surface area contributed by atoms with Crippen molar-refractivity contribution in [3.05, 3.63) is 47.2 Å². The summed E-state index contributed by atoms with van der Waals surface area (Å²) in [4.78, 5) is 25.4. The molecule has 8 nitrogen and oxygen atoms in total. The van der Waals surface area contributed by atoms with Gasteiger partial charge in [-0.1, -0.05) is 6.07 Å². The molecule has 1 aromatic carbocycles. The number of carboxylic acids is 1. The fraction of sp³-hybridized carbons (Fsp3) is 0.417. The molecule has 0 spiro atoms. The van der Waals surface area contributed by atoms with E-state index in [1.807, 2.05) is 32.9 Å². The number of aromatic nitrogens is 3. The molecule has 174 valence electrons. The van der Waals surface area contributed by atoms with E-state index >= 15 is 0 Å². The number of hydrogen-bond donors (Lipinski definition) is 3. The number of rotatable bonds is 7. The number of aryl methyl sites for hydroxylation is 1. The zero-order valence-electron chi connectivity index (χ0n) is 18.9. The van der Waals surface area contributed by atoms with E-state index in [0.717, 1.165) is 21.7 Å². The molecule has 0 bridgehead atoms. The lowest BCUT2D eigenvalue weighted by atomic mass is 9.79. The number of nitrogens with one attached hydrogen (secondary N) is 1. The molecule has 9 heteroatoms. The molecule has 0 aliphatic heterocycles. The molecule has 1 fully saturated rings. The van der Waals surface area contributed by atoms with Gasteiger partial charge in [-0.25, -0.2) is 9.97 Å². The Balaban J connectivity index is 1.53. The molecule has 2 aromatic heterocycles. The second kappa shape index (κ2) is 9.44. The van der Waals surface area contributed by atoms with Crippen LogP contribution in [0.5, 0.6) is 5.88 Å². The first-order valence-electron chi connectivity index (χ1n) is 11.0. The summed E-state index contributed by atoms with van der Waals surface area (Å²) in [7, 11) is 0. The van der Waals surface area contributed by atoms with Crippen LogP contribution in [0, 0.1) is 12.8 Å². The Morgan fingerprint density at radius 2 is 2.00 bits per heavy atom. The third-order valence-electron chi connectivity index (χ3n) is 5.67. The highest BCUT2D eigenvalue weighted by Crippen LogP contribution is 2.43. The van der Waals surface area contributed by atoms with E-state index in [1.165, 1.54) is 11.3 Å².